The zero-order valence-corrected chi connectivity index (χ0v) is 12.4. The van der Waals surface area contributed by atoms with E-state index in [1.165, 1.54) is 18.2 Å². The molecule has 0 saturated carbocycles. The molecule has 1 aromatic carbocycles. The number of halogens is 2. The van der Waals surface area contributed by atoms with Gasteiger partial charge in [0.2, 0.25) is 0 Å². The van der Waals surface area contributed by atoms with Gasteiger partial charge in [-0.05, 0) is 31.2 Å². The fourth-order valence-electron chi connectivity index (χ4n) is 1.88. The largest absolute Gasteiger partial charge is 0.487 e. The van der Waals surface area contributed by atoms with Gasteiger partial charge in [-0.25, -0.2) is 0 Å². The molecule has 0 fully saturated rings. The smallest absolute Gasteiger partial charge is 0.387 e. The Morgan fingerprint density at radius 1 is 1.22 bits per heavy atom. The summed E-state index contributed by atoms with van der Waals surface area (Å²) >= 11 is 0. The summed E-state index contributed by atoms with van der Waals surface area (Å²) in [6.07, 6.45) is 2.87. The number of pyridine rings is 1. The second-order valence-corrected chi connectivity index (χ2v) is 4.70. The number of amides is 1. The summed E-state index contributed by atoms with van der Waals surface area (Å²) < 4.78 is 34.6. The van der Waals surface area contributed by atoms with Crippen LogP contribution in [0.3, 0.4) is 0 Å². The second kappa shape index (κ2) is 8.07. The van der Waals surface area contributed by atoms with Crippen molar-refractivity contribution in [3.8, 4) is 11.5 Å². The molecule has 0 aliphatic carbocycles. The summed E-state index contributed by atoms with van der Waals surface area (Å²) in [5.41, 5.74) is 0.0429. The van der Waals surface area contributed by atoms with Crippen LogP contribution < -0.4 is 14.8 Å². The summed E-state index contributed by atoms with van der Waals surface area (Å²) in [5.74, 6) is -0.0978. The van der Waals surface area contributed by atoms with Crippen molar-refractivity contribution in [2.75, 3.05) is 6.54 Å². The van der Waals surface area contributed by atoms with Crippen LogP contribution in [-0.4, -0.2) is 30.2 Å². The van der Waals surface area contributed by atoms with E-state index in [2.05, 4.69) is 15.0 Å². The highest BCUT2D eigenvalue weighted by Gasteiger charge is 2.16. The van der Waals surface area contributed by atoms with Gasteiger partial charge < -0.3 is 14.8 Å². The van der Waals surface area contributed by atoms with Gasteiger partial charge >= 0.3 is 6.61 Å². The number of nitrogens with one attached hydrogen (secondary N) is 1. The lowest BCUT2D eigenvalue weighted by atomic mass is 10.2. The fraction of sp³-hybridized carbons (Fsp3) is 0.250. The molecule has 0 aliphatic rings. The maximum absolute atomic E-state index is 12.3. The number of aromatic nitrogens is 1. The van der Waals surface area contributed by atoms with E-state index in [0.29, 0.717) is 5.75 Å². The van der Waals surface area contributed by atoms with Gasteiger partial charge in [0.1, 0.15) is 17.6 Å². The molecule has 5 nitrogen and oxygen atoms in total. The third-order valence-corrected chi connectivity index (χ3v) is 2.87. The first kappa shape index (κ1) is 16.7. The van der Waals surface area contributed by atoms with E-state index >= 15 is 0 Å². The van der Waals surface area contributed by atoms with E-state index in [1.807, 2.05) is 0 Å². The normalized spacial score (nSPS) is 11.8. The SMILES string of the molecule is C[C@H](CNC(=O)c1ccccc1OC(F)F)Oc1cccnc1. The number of nitrogens with zero attached hydrogens (tertiary/aromatic N) is 1. The third-order valence-electron chi connectivity index (χ3n) is 2.87. The predicted molar refractivity (Wildman–Crippen MR) is 79.7 cm³/mol. The van der Waals surface area contributed by atoms with Crippen molar-refractivity contribution in [1.82, 2.24) is 10.3 Å². The Labute approximate surface area is 132 Å². The number of para-hydroxylation sites is 1. The number of carbonyl (C=O) groups is 1. The first-order valence-electron chi connectivity index (χ1n) is 6.95. The van der Waals surface area contributed by atoms with Crippen LogP contribution in [0.4, 0.5) is 8.78 Å². The van der Waals surface area contributed by atoms with Crippen molar-refractivity contribution in [3.63, 3.8) is 0 Å². The maximum atomic E-state index is 12.3. The summed E-state index contributed by atoms with van der Waals surface area (Å²) in [5, 5.41) is 2.62. The third kappa shape index (κ3) is 5.21. The number of benzene rings is 1. The molecule has 0 saturated heterocycles. The number of hydrogen-bond donors (Lipinski definition) is 1. The van der Waals surface area contributed by atoms with Gasteiger partial charge in [0, 0.05) is 6.20 Å². The molecule has 0 bridgehead atoms. The monoisotopic (exact) mass is 322 g/mol. The molecule has 1 N–H and O–H groups in total. The van der Waals surface area contributed by atoms with E-state index in [-0.39, 0.29) is 24.0 Å². The van der Waals surface area contributed by atoms with Crippen molar-refractivity contribution < 1.29 is 23.0 Å². The van der Waals surface area contributed by atoms with Crippen molar-refractivity contribution in [1.29, 1.82) is 0 Å². The molecule has 0 spiro atoms. The first-order chi connectivity index (χ1) is 11.1. The molecule has 0 unspecified atom stereocenters. The quantitative estimate of drug-likeness (QED) is 0.851. The van der Waals surface area contributed by atoms with Gasteiger partial charge in [0.25, 0.3) is 5.91 Å². The van der Waals surface area contributed by atoms with Crippen LogP contribution in [0.25, 0.3) is 0 Å². The predicted octanol–water partition coefficient (Wildman–Crippen LogP) is 2.88. The van der Waals surface area contributed by atoms with Gasteiger partial charge in [0.05, 0.1) is 18.3 Å². The molecule has 122 valence electrons. The second-order valence-electron chi connectivity index (χ2n) is 4.70. The molecule has 1 aromatic heterocycles. The Hall–Kier alpha value is -2.70. The highest BCUT2D eigenvalue weighted by Crippen LogP contribution is 2.20. The van der Waals surface area contributed by atoms with Gasteiger partial charge in [-0.15, -0.1) is 0 Å². The minimum absolute atomic E-state index is 0.0429. The standard InChI is InChI=1S/C16H16F2N2O3/c1-11(22-12-5-4-8-19-10-12)9-20-15(21)13-6-2-3-7-14(13)23-16(17)18/h2-8,10-11,16H,9H2,1H3,(H,20,21)/t11-/m1/s1. The Bertz CT molecular complexity index is 638. The van der Waals surface area contributed by atoms with Crippen molar-refractivity contribution in [3.05, 3.63) is 54.4 Å². The highest BCUT2D eigenvalue weighted by atomic mass is 19.3. The van der Waals surface area contributed by atoms with E-state index in [1.54, 1.807) is 37.5 Å². The summed E-state index contributed by atoms with van der Waals surface area (Å²) in [6.45, 7) is -1.01. The van der Waals surface area contributed by atoms with Crippen LogP contribution in [0, 0.1) is 0 Å². The van der Waals surface area contributed by atoms with Gasteiger partial charge in [0.15, 0.2) is 0 Å². The Kier molecular flexibility index (Phi) is 5.85. The number of rotatable bonds is 7. The minimum Gasteiger partial charge on any atom is -0.487 e. The van der Waals surface area contributed by atoms with E-state index < -0.39 is 12.5 Å². The van der Waals surface area contributed by atoms with Crippen LogP contribution in [-0.2, 0) is 0 Å². The van der Waals surface area contributed by atoms with Crippen molar-refractivity contribution >= 4 is 5.91 Å². The molecule has 1 heterocycles. The van der Waals surface area contributed by atoms with Gasteiger partial charge in [-0.2, -0.15) is 8.78 Å². The molecule has 23 heavy (non-hydrogen) atoms. The Balaban J connectivity index is 1.92. The number of hydrogen-bond acceptors (Lipinski definition) is 4. The van der Waals surface area contributed by atoms with Crippen LogP contribution >= 0.6 is 0 Å². The minimum atomic E-state index is -2.99. The van der Waals surface area contributed by atoms with E-state index in [9.17, 15) is 13.6 Å². The van der Waals surface area contributed by atoms with Crippen LogP contribution in [0.15, 0.2) is 48.8 Å². The molecule has 0 aliphatic heterocycles. The number of carbonyl (C=O) groups excluding carboxylic acids is 1. The lowest BCUT2D eigenvalue weighted by molar-refractivity contribution is -0.0501. The molecule has 0 radical (unpaired) electrons. The molecular weight excluding hydrogens is 306 g/mol. The maximum Gasteiger partial charge on any atom is 0.387 e. The van der Waals surface area contributed by atoms with Crippen molar-refractivity contribution in [2.45, 2.75) is 19.6 Å². The molecule has 7 heteroatoms. The Morgan fingerprint density at radius 3 is 2.70 bits per heavy atom. The fourth-order valence-corrected chi connectivity index (χ4v) is 1.88. The zero-order valence-electron chi connectivity index (χ0n) is 12.4. The Morgan fingerprint density at radius 2 is 2.00 bits per heavy atom. The topological polar surface area (TPSA) is 60.5 Å². The first-order valence-corrected chi connectivity index (χ1v) is 6.95. The summed E-state index contributed by atoms with van der Waals surface area (Å²) in [6, 6.07) is 9.30. The summed E-state index contributed by atoms with van der Waals surface area (Å²) in [4.78, 5) is 16.0. The van der Waals surface area contributed by atoms with E-state index in [4.69, 9.17) is 4.74 Å². The molecule has 2 rings (SSSR count). The number of ether oxygens (including phenoxy) is 2. The van der Waals surface area contributed by atoms with Gasteiger partial charge in [-0.3, -0.25) is 9.78 Å². The molecular formula is C16H16F2N2O3. The highest BCUT2D eigenvalue weighted by molar-refractivity contribution is 5.96. The molecule has 1 amide bonds. The molecule has 1 atom stereocenters. The van der Waals surface area contributed by atoms with Crippen LogP contribution in [0.2, 0.25) is 0 Å². The lowest BCUT2D eigenvalue weighted by Crippen LogP contribution is -2.33. The van der Waals surface area contributed by atoms with Crippen LogP contribution in [0.1, 0.15) is 17.3 Å². The summed E-state index contributed by atoms with van der Waals surface area (Å²) in [7, 11) is 0. The molecule has 2 aromatic rings. The average molecular weight is 322 g/mol. The van der Waals surface area contributed by atoms with Crippen LogP contribution in [0.5, 0.6) is 11.5 Å². The average Bonchev–Trinajstić information content (AvgIpc) is 2.53. The van der Waals surface area contributed by atoms with Gasteiger partial charge in [-0.1, -0.05) is 12.1 Å². The van der Waals surface area contributed by atoms with Crippen molar-refractivity contribution in [2.24, 2.45) is 0 Å². The number of alkyl halides is 2. The van der Waals surface area contributed by atoms with E-state index in [0.717, 1.165) is 0 Å². The zero-order chi connectivity index (χ0) is 16.7. The lowest BCUT2D eigenvalue weighted by Gasteiger charge is -2.16.